The fourth-order valence-corrected chi connectivity index (χ4v) is 2.43. The van der Waals surface area contributed by atoms with Crippen LogP contribution in [0, 0.1) is 0 Å². The second-order valence-corrected chi connectivity index (χ2v) is 5.82. The average Bonchev–Trinajstić information content (AvgIpc) is 2.93. The average molecular weight is 340 g/mol. The largest absolute Gasteiger partial charge is 0.343 e. The van der Waals surface area contributed by atoms with Gasteiger partial charge in [0.25, 0.3) is 11.8 Å². The van der Waals surface area contributed by atoms with Crippen LogP contribution in [0.4, 0.5) is 8.78 Å². The molecule has 0 bridgehead atoms. The number of amides is 2. The van der Waals surface area contributed by atoms with Crippen molar-refractivity contribution in [2.75, 3.05) is 26.2 Å². The van der Waals surface area contributed by atoms with E-state index < -0.39 is 24.3 Å². The maximum Gasteiger partial charge on any atom is 0.267 e. The molecule has 0 saturated carbocycles. The van der Waals surface area contributed by atoms with E-state index in [-0.39, 0.29) is 19.5 Å². The first-order valence-electron chi connectivity index (χ1n) is 8.01. The van der Waals surface area contributed by atoms with Crippen LogP contribution in [0.3, 0.4) is 0 Å². The van der Waals surface area contributed by atoms with Crippen molar-refractivity contribution >= 4 is 11.8 Å². The zero-order valence-electron chi connectivity index (χ0n) is 13.6. The summed E-state index contributed by atoms with van der Waals surface area (Å²) in [6.45, 7) is 2.61. The monoisotopic (exact) mass is 340 g/mol. The minimum atomic E-state index is -2.83. The van der Waals surface area contributed by atoms with Gasteiger partial charge in [-0.2, -0.15) is 0 Å². The van der Waals surface area contributed by atoms with E-state index in [4.69, 9.17) is 0 Å². The van der Waals surface area contributed by atoms with Gasteiger partial charge in [0.15, 0.2) is 0 Å². The Morgan fingerprint density at radius 2 is 2.21 bits per heavy atom. The second-order valence-electron chi connectivity index (χ2n) is 5.82. The summed E-state index contributed by atoms with van der Waals surface area (Å²) in [5.41, 5.74) is 1.11. The summed E-state index contributed by atoms with van der Waals surface area (Å²) < 4.78 is 26.2. The van der Waals surface area contributed by atoms with Gasteiger partial charge in [-0.25, -0.2) is 8.78 Å². The van der Waals surface area contributed by atoms with E-state index in [1.165, 1.54) is 6.20 Å². The molecule has 0 aliphatic carbocycles. The van der Waals surface area contributed by atoms with Crippen molar-refractivity contribution in [3.05, 3.63) is 29.6 Å². The van der Waals surface area contributed by atoms with Crippen molar-refractivity contribution < 1.29 is 18.4 Å². The van der Waals surface area contributed by atoms with Crippen LogP contribution in [-0.2, 0) is 11.3 Å². The molecule has 2 heterocycles. The molecule has 6 nitrogen and oxygen atoms in total. The molecular weight excluding hydrogens is 318 g/mol. The number of carbonyl (C=O) groups is 2. The molecule has 2 N–H and O–H groups in total. The third kappa shape index (κ3) is 5.23. The Morgan fingerprint density at radius 1 is 1.42 bits per heavy atom. The summed E-state index contributed by atoms with van der Waals surface area (Å²) >= 11 is 0. The van der Waals surface area contributed by atoms with Crippen molar-refractivity contribution in [1.82, 2.24) is 20.5 Å². The Balaban J connectivity index is 1.84. The highest BCUT2D eigenvalue weighted by Gasteiger charge is 2.40. The molecule has 1 saturated heterocycles. The molecule has 0 aromatic carbocycles. The maximum absolute atomic E-state index is 13.1. The number of halogens is 2. The zero-order valence-corrected chi connectivity index (χ0v) is 13.6. The number of nitrogens with zero attached hydrogens (tertiary/aromatic N) is 2. The molecule has 132 valence electrons. The highest BCUT2D eigenvalue weighted by molar-refractivity contribution is 5.96. The molecule has 0 atom stereocenters. The Morgan fingerprint density at radius 3 is 2.88 bits per heavy atom. The number of nitrogens with one attached hydrogen (secondary N) is 2. The number of carbonyl (C=O) groups excluding carboxylic acids is 2. The molecule has 1 fully saturated rings. The molecule has 0 radical (unpaired) electrons. The summed E-state index contributed by atoms with van der Waals surface area (Å²) in [6.07, 6.45) is 2.20. The standard InChI is InChI=1S/C16H22F2N4O2/c1-2-5-19-9-13-8-12(3-6-20-13)15(24)21-10-14(23)22-7-4-16(17,18)11-22/h3,6,8,19H,2,4-5,7,9-11H2,1H3,(H,21,24). The highest BCUT2D eigenvalue weighted by Crippen LogP contribution is 2.26. The summed E-state index contributed by atoms with van der Waals surface area (Å²) in [4.78, 5) is 29.2. The van der Waals surface area contributed by atoms with Gasteiger partial charge in [-0.15, -0.1) is 0 Å². The summed E-state index contributed by atoms with van der Waals surface area (Å²) in [5, 5.41) is 5.66. The minimum Gasteiger partial charge on any atom is -0.343 e. The lowest BCUT2D eigenvalue weighted by atomic mass is 10.2. The van der Waals surface area contributed by atoms with E-state index >= 15 is 0 Å². The van der Waals surface area contributed by atoms with Crippen LogP contribution in [0.15, 0.2) is 18.3 Å². The fraction of sp³-hybridized carbons (Fsp3) is 0.562. The normalized spacial score (nSPS) is 16.2. The Bertz CT molecular complexity index is 595. The molecule has 2 rings (SSSR count). The Hall–Kier alpha value is -2.09. The van der Waals surface area contributed by atoms with E-state index in [1.807, 2.05) is 0 Å². The van der Waals surface area contributed by atoms with Gasteiger partial charge in [0.2, 0.25) is 5.91 Å². The van der Waals surface area contributed by atoms with Crippen LogP contribution in [0.2, 0.25) is 0 Å². The van der Waals surface area contributed by atoms with Gasteiger partial charge in [0.05, 0.1) is 18.8 Å². The number of likely N-dealkylation sites (tertiary alicyclic amines) is 1. The predicted octanol–water partition coefficient (Wildman–Crippen LogP) is 1.18. The van der Waals surface area contributed by atoms with Crippen molar-refractivity contribution in [2.24, 2.45) is 0 Å². The number of hydrogen-bond donors (Lipinski definition) is 2. The lowest BCUT2D eigenvalue weighted by Gasteiger charge is -2.16. The molecule has 24 heavy (non-hydrogen) atoms. The molecular formula is C16H22F2N4O2. The second kappa shape index (κ2) is 8.14. The molecule has 1 aromatic rings. The summed E-state index contributed by atoms with van der Waals surface area (Å²) in [6, 6.07) is 3.19. The fourth-order valence-electron chi connectivity index (χ4n) is 2.43. The zero-order chi connectivity index (χ0) is 17.6. The van der Waals surface area contributed by atoms with E-state index in [0.29, 0.717) is 12.1 Å². The predicted molar refractivity (Wildman–Crippen MR) is 84.7 cm³/mol. The first kappa shape index (κ1) is 18.3. The van der Waals surface area contributed by atoms with Crippen molar-refractivity contribution in [1.29, 1.82) is 0 Å². The number of rotatable bonds is 7. The lowest BCUT2D eigenvalue weighted by molar-refractivity contribution is -0.130. The molecule has 1 aliphatic heterocycles. The number of aromatic nitrogens is 1. The van der Waals surface area contributed by atoms with Gasteiger partial charge in [0, 0.05) is 31.3 Å². The van der Waals surface area contributed by atoms with Crippen LogP contribution in [0.25, 0.3) is 0 Å². The summed E-state index contributed by atoms with van der Waals surface area (Å²) in [7, 11) is 0. The van der Waals surface area contributed by atoms with Crippen LogP contribution < -0.4 is 10.6 Å². The van der Waals surface area contributed by atoms with E-state index in [1.54, 1.807) is 12.1 Å². The van der Waals surface area contributed by atoms with Crippen molar-refractivity contribution in [2.45, 2.75) is 32.2 Å². The van der Waals surface area contributed by atoms with Gasteiger partial charge in [-0.3, -0.25) is 14.6 Å². The number of hydrogen-bond acceptors (Lipinski definition) is 4. The molecule has 2 amide bonds. The quantitative estimate of drug-likeness (QED) is 0.731. The van der Waals surface area contributed by atoms with Crippen molar-refractivity contribution in [3.8, 4) is 0 Å². The first-order chi connectivity index (χ1) is 11.4. The van der Waals surface area contributed by atoms with Gasteiger partial charge in [0.1, 0.15) is 0 Å². The van der Waals surface area contributed by atoms with Gasteiger partial charge < -0.3 is 15.5 Å². The van der Waals surface area contributed by atoms with Crippen LogP contribution in [0.1, 0.15) is 35.8 Å². The highest BCUT2D eigenvalue weighted by atomic mass is 19.3. The molecule has 0 spiro atoms. The SMILES string of the molecule is CCCNCc1cc(C(=O)NCC(=O)N2CCC(F)(F)C2)ccn1. The van der Waals surface area contributed by atoms with E-state index in [2.05, 4.69) is 22.5 Å². The first-order valence-corrected chi connectivity index (χ1v) is 8.01. The molecule has 8 heteroatoms. The van der Waals surface area contributed by atoms with Gasteiger partial charge in [-0.05, 0) is 25.1 Å². The topological polar surface area (TPSA) is 74.3 Å². The van der Waals surface area contributed by atoms with Crippen molar-refractivity contribution in [3.63, 3.8) is 0 Å². The molecule has 0 unspecified atom stereocenters. The minimum absolute atomic E-state index is 0.0181. The number of alkyl halides is 2. The molecule has 1 aromatic heterocycles. The van der Waals surface area contributed by atoms with Crippen LogP contribution >= 0.6 is 0 Å². The summed E-state index contributed by atoms with van der Waals surface area (Å²) in [5.74, 6) is -3.75. The third-order valence-electron chi connectivity index (χ3n) is 3.73. The van der Waals surface area contributed by atoms with Crippen LogP contribution in [0.5, 0.6) is 0 Å². The van der Waals surface area contributed by atoms with E-state index in [0.717, 1.165) is 23.6 Å². The van der Waals surface area contributed by atoms with Crippen LogP contribution in [-0.4, -0.2) is 53.8 Å². The molecule has 1 aliphatic rings. The Kier molecular flexibility index (Phi) is 6.19. The number of pyridine rings is 1. The van der Waals surface area contributed by atoms with Gasteiger partial charge >= 0.3 is 0 Å². The lowest BCUT2D eigenvalue weighted by Crippen LogP contribution is -2.40. The maximum atomic E-state index is 13.1. The third-order valence-corrected chi connectivity index (χ3v) is 3.73. The Labute approximate surface area is 139 Å². The smallest absolute Gasteiger partial charge is 0.267 e. The van der Waals surface area contributed by atoms with Gasteiger partial charge in [-0.1, -0.05) is 6.92 Å². The van der Waals surface area contributed by atoms with E-state index in [9.17, 15) is 18.4 Å².